The molecule has 1 saturated carbocycles. The zero-order chi connectivity index (χ0) is 29.4. The molecule has 0 saturated heterocycles. The fourth-order valence-corrected chi connectivity index (χ4v) is 5.75. The highest BCUT2D eigenvalue weighted by atomic mass is 35.5. The van der Waals surface area contributed by atoms with Crippen molar-refractivity contribution in [3.63, 3.8) is 0 Å². The number of sulfone groups is 1. The van der Waals surface area contributed by atoms with Gasteiger partial charge in [0.2, 0.25) is 0 Å². The molecule has 0 bridgehead atoms. The summed E-state index contributed by atoms with van der Waals surface area (Å²) >= 11 is 6.51. The Morgan fingerprint density at radius 1 is 1.26 bits per heavy atom. The highest BCUT2D eigenvalue weighted by molar-refractivity contribution is 7.91. The number of amides is 1. The lowest BCUT2D eigenvalue weighted by Crippen LogP contribution is -2.47. The van der Waals surface area contributed by atoms with Gasteiger partial charge in [-0.2, -0.15) is 27.1 Å². The van der Waals surface area contributed by atoms with Crippen LogP contribution in [0.4, 0.5) is 27.8 Å². The summed E-state index contributed by atoms with van der Waals surface area (Å²) in [5, 5.41) is 19.1. The van der Waals surface area contributed by atoms with E-state index in [-0.39, 0.29) is 61.0 Å². The number of aryl methyl sites for hydroxylation is 2. The molecule has 3 N–H and O–H groups in total. The maximum atomic E-state index is 13.2. The molecule has 218 valence electrons. The number of carbonyl (C=O) groups is 1. The van der Waals surface area contributed by atoms with Crippen LogP contribution in [0.25, 0.3) is 11.3 Å². The molecule has 1 aliphatic rings. The zero-order valence-electron chi connectivity index (χ0n) is 21.4. The average molecular weight is 602 g/mol. The molecule has 2 aromatic rings. The van der Waals surface area contributed by atoms with Crippen LogP contribution >= 0.6 is 11.6 Å². The first kappa shape index (κ1) is 31.0. The molecule has 1 aliphatic carbocycles. The van der Waals surface area contributed by atoms with Gasteiger partial charge in [-0.05, 0) is 51.2 Å². The predicted octanol–water partition coefficient (Wildman–Crippen LogP) is 3.98. The van der Waals surface area contributed by atoms with Crippen LogP contribution in [0.3, 0.4) is 0 Å². The van der Waals surface area contributed by atoms with E-state index in [9.17, 15) is 40.3 Å². The lowest BCUT2D eigenvalue weighted by atomic mass is 9.84. The summed E-state index contributed by atoms with van der Waals surface area (Å²) in [6, 6.07) is 1.27. The Balaban J connectivity index is 1.75. The number of nitrogens with one attached hydrogen (secondary N) is 2. The second kappa shape index (κ2) is 11.2. The SMILES string of the molecule is CCn1nc(C(=O)NCC2(O)CCC(S(C)(=O)=O)CC2)c(Cl)c1-c1cnc(NCC(F)(F)C(F)(F)F)cc1C. The number of halogens is 6. The molecular weight excluding hydrogens is 573 g/mol. The zero-order valence-corrected chi connectivity index (χ0v) is 22.9. The normalized spacial score (nSPS) is 20.6. The van der Waals surface area contributed by atoms with Crippen molar-refractivity contribution in [2.75, 3.05) is 24.7 Å². The van der Waals surface area contributed by atoms with E-state index in [4.69, 9.17) is 11.6 Å². The van der Waals surface area contributed by atoms with Gasteiger partial charge in [0, 0.05) is 31.1 Å². The molecule has 2 aromatic heterocycles. The molecule has 1 amide bonds. The van der Waals surface area contributed by atoms with Crippen LogP contribution in [0.15, 0.2) is 12.3 Å². The fourth-order valence-electron chi connectivity index (χ4n) is 4.34. The van der Waals surface area contributed by atoms with E-state index in [0.29, 0.717) is 11.1 Å². The first-order chi connectivity index (χ1) is 17.9. The molecule has 39 heavy (non-hydrogen) atoms. The van der Waals surface area contributed by atoms with Gasteiger partial charge < -0.3 is 15.7 Å². The van der Waals surface area contributed by atoms with Crippen LogP contribution in [0, 0.1) is 6.92 Å². The maximum absolute atomic E-state index is 13.2. The topological polar surface area (TPSA) is 126 Å². The summed E-state index contributed by atoms with van der Waals surface area (Å²) in [5.74, 6) is -5.84. The summed E-state index contributed by atoms with van der Waals surface area (Å²) in [7, 11) is -3.23. The fraction of sp³-hybridized carbons (Fsp3) is 0.609. The van der Waals surface area contributed by atoms with E-state index in [0.717, 1.165) is 6.26 Å². The van der Waals surface area contributed by atoms with Gasteiger partial charge in [-0.25, -0.2) is 13.4 Å². The number of hydrogen-bond donors (Lipinski definition) is 3. The molecule has 16 heteroatoms. The van der Waals surface area contributed by atoms with Gasteiger partial charge in [-0.1, -0.05) is 11.6 Å². The molecule has 0 spiro atoms. The Morgan fingerprint density at radius 3 is 2.38 bits per heavy atom. The van der Waals surface area contributed by atoms with Crippen molar-refractivity contribution in [1.29, 1.82) is 0 Å². The average Bonchev–Trinajstić information content (AvgIpc) is 3.16. The van der Waals surface area contributed by atoms with Gasteiger partial charge in [0.25, 0.3) is 5.91 Å². The van der Waals surface area contributed by atoms with Crippen molar-refractivity contribution < 1.29 is 40.3 Å². The van der Waals surface area contributed by atoms with Crippen LogP contribution in [0.5, 0.6) is 0 Å². The van der Waals surface area contributed by atoms with Gasteiger partial charge in [-0.3, -0.25) is 9.48 Å². The molecule has 9 nitrogen and oxygen atoms in total. The third-order valence-electron chi connectivity index (χ3n) is 6.73. The monoisotopic (exact) mass is 601 g/mol. The van der Waals surface area contributed by atoms with Crippen molar-refractivity contribution in [3.8, 4) is 11.3 Å². The van der Waals surface area contributed by atoms with Gasteiger partial charge in [0.15, 0.2) is 5.69 Å². The van der Waals surface area contributed by atoms with Crippen LogP contribution in [0.1, 0.15) is 48.7 Å². The van der Waals surface area contributed by atoms with Crippen molar-refractivity contribution in [3.05, 3.63) is 28.5 Å². The predicted molar refractivity (Wildman–Crippen MR) is 135 cm³/mol. The number of alkyl halides is 5. The van der Waals surface area contributed by atoms with Crippen molar-refractivity contribution in [2.45, 2.75) is 69.0 Å². The number of hydrogen-bond acceptors (Lipinski definition) is 7. The lowest BCUT2D eigenvalue weighted by molar-refractivity contribution is -0.275. The molecule has 0 unspecified atom stereocenters. The summed E-state index contributed by atoms with van der Waals surface area (Å²) in [5.41, 5.74) is -0.351. The maximum Gasteiger partial charge on any atom is 0.455 e. The first-order valence-corrected chi connectivity index (χ1v) is 14.3. The van der Waals surface area contributed by atoms with Crippen LogP contribution in [-0.2, 0) is 16.4 Å². The Kier molecular flexibility index (Phi) is 8.87. The van der Waals surface area contributed by atoms with Crippen LogP contribution in [0.2, 0.25) is 5.02 Å². The summed E-state index contributed by atoms with van der Waals surface area (Å²) < 4.78 is 88.7. The molecule has 0 aliphatic heterocycles. The van der Waals surface area contributed by atoms with Crippen LogP contribution < -0.4 is 10.6 Å². The summed E-state index contributed by atoms with van der Waals surface area (Å²) in [6.07, 6.45) is -2.42. The first-order valence-electron chi connectivity index (χ1n) is 12.0. The van der Waals surface area contributed by atoms with E-state index < -0.39 is 45.2 Å². The van der Waals surface area contributed by atoms with Gasteiger partial charge in [-0.15, -0.1) is 0 Å². The molecule has 0 aromatic carbocycles. The number of anilines is 1. The smallest absolute Gasteiger partial charge is 0.388 e. The quantitative estimate of drug-likeness (QED) is 0.371. The minimum atomic E-state index is -5.71. The molecular formula is C23H29ClF5N5O4S. The van der Waals surface area contributed by atoms with E-state index >= 15 is 0 Å². The van der Waals surface area contributed by atoms with Crippen molar-refractivity contribution >= 4 is 33.2 Å². The third kappa shape index (κ3) is 6.98. The minimum absolute atomic E-state index is 0.0451. The molecule has 0 radical (unpaired) electrons. The third-order valence-corrected chi connectivity index (χ3v) is 8.77. The minimum Gasteiger partial charge on any atom is -0.388 e. The number of carbonyl (C=O) groups excluding carboxylic acids is 1. The number of aliphatic hydroxyl groups is 1. The molecule has 2 heterocycles. The second-order valence-electron chi connectivity index (χ2n) is 9.70. The largest absolute Gasteiger partial charge is 0.455 e. The Morgan fingerprint density at radius 2 is 1.87 bits per heavy atom. The van der Waals surface area contributed by atoms with E-state index in [2.05, 4.69) is 15.4 Å². The van der Waals surface area contributed by atoms with Crippen LogP contribution in [-0.4, -0.2) is 76.5 Å². The Labute approximate surface area is 227 Å². The Hall–Kier alpha value is -2.52. The highest BCUT2D eigenvalue weighted by Gasteiger charge is 2.57. The molecule has 0 atom stereocenters. The van der Waals surface area contributed by atoms with E-state index in [1.807, 2.05) is 5.32 Å². The van der Waals surface area contributed by atoms with E-state index in [1.54, 1.807) is 13.8 Å². The van der Waals surface area contributed by atoms with E-state index in [1.165, 1.54) is 16.9 Å². The number of aromatic nitrogens is 3. The van der Waals surface area contributed by atoms with Crippen molar-refractivity contribution in [2.24, 2.45) is 0 Å². The highest BCUT2D eigenvalue weighted by Crippen LogP contribution is 2.37. The summed E-state index contributed by atoms with van der Waals surface area (Å²) in [4.78, 5) is 16.8. The molecule has 1 fully saturated rings. The number of nitrogens with zero attached hydrogens (tertiary/aromatic N) is 3. The second-order valence-corrected chi connectivity index (χ2v) is 12.4. The molecule has 3 rings (SSSR count). The van der Waals surface area contributed by atoms with Gasteiger partial charge in [0.1, 0.15) is 15.7 Å². The van der Waals surface area contributed by atoms with Crippen molar-refractivity contribution in [1.82, 2.24) is 20.1 Å². The van der Waals surface area contributed by atoms with Gasteiger partial charge >= 0.3 is 12.1 Å². The lowest BCUT2D eigenvalue weighted by Gasteiger charge is -2.35. The standard InChI is InChI=1S/C23H29ClF5N5O4S/c1-4-34-19(15-10-30-16(9-13(15)2)31-12-22(25,26)23(27,28)29)17(24)18(33-34)20(35)32-11-21(36)7-5-14(6-8-21)39(3,37)38/h9-10,14,36H,4-8,11-12H2,1-3H3,(H,30,31)(H,32,35). The number of pyridine rings is 1. The summed E-state index contributed by atoms with van der Waals surface area (Å²) in [6.45, 7) is 1.74. The van der Waals surface area contributed by atoms with Gasteiger partial charge in [0.05, 0.1) is 28.1 Å². The Bertz CT molecular complexity index is 1320. The number of rotatable bonds is 9.